The van der Waals surface area contributed by atoms with Gasteiger partial charge in [0.15, 0.2) is 11.0 Å². The lowest BCUT2D eigenvalue weighted by Gasteiger charge is -2.34. The number of hydrogen-bond donors (Lipinski definition) is 0. The fraction of sp³-hybridized carbons (Fsp3) is 0.107. The van der Waals surface area contributed by atoms with Crippen molar-refractivity contribution in [3.8, 4) is 0 Å². The lowest BCUT2D eigenvalue weighted by atomic mass is 9.83. The molecular weight excluding hydrogens is 428 g/mol. The molecule has 166 valence electrons. The number of fused-ring (bicyclic) bond motifs is 5. The molecule has 1 unspecified atom stereocenters. The molecule has 2 aliphatic heterocycles. The minimum absolute atomic E-state index is 0.0798. The predicted octanol–water partition coefficient (Wildman–Crippen LogP) is 4.23. The zero-order valence-corrected chi connectivity index (χ0v) is 18.2. The molecule has 34 heavy (non-hydrogen) atoms. The van der Waals surface area contributed by atoms with Crippen molar-refractivity contribution in [1.29, 1.82) is 0 Å². The topological polar surface area (TPSA) is 70.8 Å². The molecule has 2 aliphatic rings. The average molecular weight is 448 g/mol. The smallest absolute Gasteiger partial charge is 0.291 e. The molecule has 0 radical (unpaired) electrons. The first-order valence-electron chi connectivity index (χ1n) is 11.0. The Kier molecular flexibility index (Phi) is 4.32. The number of amides is 2. The molecule has 0 aliphatic carbocycles. The van der Waals surface area contributed by atoms with Crippen LogP contribution < -0.4 is 10.3 Å². The molecule has 1 aromatic heterocycles. The zero-order chi connectivity index (χ0) is 23.4. The van der Waals surface area contributed by atoms with Crippen LogP contribution in [0.25, 0.3) is 11.0 Å². The Morgan fingerprint density at radius 1 is 0.882 bits per heavy atom. The summed E-state index contributed by atoms with van der Waals surface area (Å²) >= 11 is 0. The molecular formula is C28H20N2O4. The molecule has 0 N–H and O–H groups in total. The quantitative estimate of drug-likeness (QED) is 0.438. The summed E-state index contributed by atoms with van der Waals surface area (Å²) in [6, 6.07) is 23.5. The second kappa shape index (κ2) is 7.28. The highest BCUT2D eigenvalue weighted by Gasteiger charge is 2.64. The summed E-state index contributed by atoms with van der Waals surface area (Å²) in [5.41, 5.74) is 0.490. The maximum absolute atomic E-state index is 14.3. The number of benzene rings is 3. The Morgan fingerprint density at radius 3 is 2.38 bits per heavy atom. The van der Waals surface area contributed by atoms with Gasteiger partial charge < -0.3 is 14.2 Å². The monoisotopic (exact) mass is 448 g/mol. The van der Waals surface area contributed by atoms with Gasteiger partial charge in [-0.3, -0.25) is 14.4 Å². The van der Waals surface area contributed by atoms with Crippen LogP contribution in [-0.2, 0) is 16.9 Å². The summed E-state index contributed by atoms with van der Waals surface area (Å²) in [5.74, 6) is -0.923. The van der Waals surface area contributed by atoms with Gasteiger partial charge in [0.25, 0.3) is 11.8 Å². The second-order valence-corrected chi connectivity index (χ2v) is 8.44. The van der Waals surface area contributed by atoms with E-state index in [2.05, 4.69) is 6.58 Å². The van der Waals surface area contributed by atoms with Gasteiger partial charge >= 0.3 is 0 Å². The Morgan fingerprint density at radius 2 is 1.59 bits per heavy atom. The van der Waals surface area contributed by atoms with Gasteiger partial charge in [0, 0.05) is 18.7 Å². The van der Waals surface area contributed by atoms with Crippen molar-refractivity contribution in [2.45, 2.75) is 12.1 Å². The molecule has 3 heterocycles. The van der Waals surface area contributed by atoms with Gasteiger partial charge in [-0.15, -0.1) is 6.58 Å². The molecule has 0 fully saturated rings. The molecule has 3 aromatic carbocycles. The van der Waals surface area contributed by atoms with E-state index < -0.39 is 11.4 Å². The van der Waals surface area contributed by atoms with Crippen LogP contribution in [-0.4, -0.2) is 23.3 Å². The van der Waals surface area contributed by atoms with Crippen molar-refractivity contribution in [2.75, 3.05) is 11.4 Å². The number of hydrogen-bond acceptors (Lipinski definition) is 4. The summed E-state index contributed by atoms with van der Waals surface area (Å²) in [6.45, 7) is 4.19. The van der Waals surface area contributed by atoms with E-state index in [-0.39, 0.29) is 35.7 Å². The van der Waals surface area contributed by atoms with Gasteiger partial charge in [-0.25, -0.2) is 0 Å². The van der Waals surface area contributed by atoms with Crippen molar-refractivity contribution < 1.29 is 14.0 Å². The summed E-state index contributed by atoms with van der Waals surface area (Å²) in [5, 5.41) is 0.336. The van der Waals surface area contributed by atoms with E-state index in [1.807, 2.05) is 54.6 Å². The van der Waals surface area contributed by atoms with Crippen LogP contribution in [0, 0.1) is 0 Å². The van der Waals surface area contributed by atoms with Crippen LogP contribution in [0.2, 0.25) is 0 Å². The standard InChI is InChI=1S/C28H20N2O4/c1-2-16-29-21-14-8-7-13-20(21)28(27(29)33)23-24(31)19-12-6-9-15-22(19)34-25(23)26(32)30(28)17-18-10-4-3-5-11-18/h2-15H,1,16-17H2. The van der Waals surface area contributed by atoms with Gasteiger partial charge in [0.1, 0.15) is 5.58 Å². The third kappa shape index (κ3) is 2.48. The van der Waals surface area contributed by atoms with Gasteiger partial charge in [-0.05, 0) is 23.8 Å². The van der Waals surface area contributed by atoms with Crippen LogP contribution in [0.1, 0.15) is 27.2 Å². The maximum atomic E-state index is 14.3. The Labute approximate surface area is 195 Å². The Bertz CT molecular complexity index is 1560. The molecule has 0 bridgehead atoms. The molecule has 6 rings (SSSR count). The van der Waals surface area contributed by atoms with Crippen LogP contribution in [0.4, 0.5) is 5.69 Å². The number of nitrogens with zero attached hydrogens (tertiary/aromatic N) is 2. The molecule has 0 saturated heterocycles. The number of rotatable bonds is 4. The average Bonchev–Trinajstić information content (AvgIpc) is 3.25. The predicted molar refractivity (Wildman–Crippen MR) is 129 cm³/mol. The molecule has 1 atom stereocenters. The first-order valence-corrected chi connectivity index (χ1v) is 11.0. The van der Waals surface area contributed by atoms with E-state index in [4.69, 9.17) is 4.42 Å². The molecule has 2 amide bonds. The van der Waals surface area contributed by atoms with Crippen molar-refractivity contribution in [3.05, 3.63) is 124 Å². The normalized spacial score (nSPS) is 18.6. The van der Waals surface area contributed by atoms with Gasteiger partial charge in [-0.1, -0.05) is 66.7 Å². The van der Waals surface area contributed by atoms with E-state index in [0.717, 1.165) is 5.56 Å². The van der Waals surface area contributed by atoms with Gasteiger partial charge in [0.2, 0.25) is 5.76 Å². The number of carbonyl (C=O) groups is 2. The Balaban J connectivity index is 1.72. The highest BCUT2D eigenvalue weighted by atomic mass is 16.3. The van der Waals surface area contributed by atoms with Crippen molar-refractivity contribution in [3.63, 3.8) is 0 Å². The van der Waals surface area contributed by atoms with Crippen LogP contribution in [0.15, 0.2) is 101 Å². The van der Waals surface area contributed by atoms with Gasteiger partial charge in [-0.2, -0.15) is 0 Å². The highest BCUT2D eigenvalue weighted by Crippen LogP contribution is 2.52. The van der Waals surface area contributed by atoms with E-state index in [9.17, 15) is 14.4 Å². The molecule has 6 nitrogen and oxygen atoms in total. The molecule has 0 saturated carbocycles. The fourth-order valence-electron chi connectivity index (χ4n) is 5.24. The summed E-state index contributed by atoms with van der Waals surface area (Å²) in [6.07, 6.45) is 1.63. The fourth-order valence-corrected chi connectivity index (χ4v) is 5.24. The first kappa shape index (κ1) is 20.2. The minimum atomic E-state index is -1.62. The first-order chi connectivity index (χ1) is 16.6. The summed E-state index contributed by atoms with van der Waals surface area (Å²) < 4.78 is 6.03. The maximum Gasteiger partial charge on any atom is 0.291 e. The van der Waals surface area contributed by atoms with E-state index in [0.29, 0.717) is 22.2 Å². The van der Waals surface area contributed by atoms with E-state index in [1.165, 1.54) is 4.90 Å². The largest absolute Gasteiger partial charge is 0.450 e. The van der Waals surface area contributed by atoms with Crippen molar-refractivity contribution in [2.24, 2.45) is 0 Å². The highest BCUT2D eigenvalue weighted by molar-refractivity contribution is 6.17. The summed E-state index contributed by atoms with van der Waals surface area (Å²) in [4.78, 5) is 45.1. The second-order valence-electron chi connectivity index (χ2n) is 8.44. The third-order valence-electron chi connectivity index (χ3n) is 6.64. The lowest BCUT2D eigenvalue weighted by molar-refractivity contribution is -0.126. The minimum Gasteiger partial charge on any atom is -0.450 e. The lowest BCUT2D eigenvalue weighted by Crippen LogP contribution is -2.53. The number of para-hydroxylation sites is 2. The molecule has 4 aromatic rings. The summed E-state index contributed by atoms with van der Waals surface area (Å²) in [7, 11) is 0. The number of carbonyl (C=O) groups excluding carboxylic acids is 2. The van der Waals surface area contributed by atoms with E-state index >= 15 is 0 Å². The molecule has 6 heteroatoms. The van der Waals surface area contributed by atoms with Crippen LogP contribution in [0.3, 0.4) is 0 Å². The Hall–Kier alpha value is -4.45. The van der Waals surface area contributed by atoms with Crippen LogP contribution >= 0.6 is 0 Å². The van der Waals surface area contributed by atoms with Crippen molar-refractivity contribution >= 4 is 28.5 Å². The third-order valence-corrected chi connectivity index (χ3v) is 6.64. The van der Waals surface area contributed by atoms with Crippen molar-refractivity contribution in [1.82, 2.24) is 4.90 Å². The van der Waals surface area contributed by atoms with E-state index in [1.54, 1.807) is 35.2 Å². The van der Waals surface area contributed by atoms with Crippen LogP contribution in [0.5, 0.6) is 0 Å². The number of anilines is 1. The zero-order valence-electron chi connectivity index (χ0n) is 18.2. The molecule has 1 spiro atoms. The SMILES string of the molecule is C=CCN1C(=O)C2(c3ccccc31)c1c(oc3ccccc3c1=O)C(=O)N2Cc1ccccc1. The van der Waals surface area contributed by atoms with Gasteiger partial charge in [0.05, 0.1) is 16.6 Å².